The van der Waals surface area contributed by atoms with E-state index in [-0.39, 0.29) is 11.6 Å². The number of carbonyl (C=O) groups excluding carboxylic acids is 1. The Bertz CT molecular complexity index is 588. The van der Waals surface area contributed by atoms with Gasteiger partial charge in [0.2, 0.25) is 5.76 Å². The Hall–Kier alpha value is -2.12. The molecule has 0 spiro atoms. The number of nitrogens with one attached hydrogen (secondary N) is 2. The normalized spacial score (nSPS) is 15.8. The van der Waals surface area contributed by atoms with Crippen molar-refractivity contribution in [3.63, 3.8) is 0 Å². The summed E-state index contributed by atoms with van der Waals surface area (Å²) in [6, 6.07) is 5.11. The molecule has 7 heteroatoms. The fourth-order valence-electron chi connectivity index (χ4n) is 2.45. The molecule has 0 aliphatic carbocycles. The van der Waals surface area contributed by atoms with E-state index >= 15 is 0 Å². The number of carbonyl (C=O) groups is 1. The molecule has 2 N–H and O–H groups in total. The number of rotatable bonds is 6. The summed E-state index contributed by atoms with van der Waals surface area (Å²) >= 11 is 0. The van der Waals surface area contributed by atoms with Gasteiger partial charge in [-0.15, -0.1) is 0 Å². The first-order valence-corrected chi connectivity index (χ1v) is 7.55. The van der Waals surface area contributed by atoms with Crippen molar-refractivity contribution in [1.82, 2.24) is 20.7 Å². The summed E-state index contributed by atoms with van der Waals surface area (Å²) in [5.41, 5.74) is 0.272. The SMILES string of the molecule is O=C(NCCCN1CCNCC1)c1cc(-c2ccco2)on1. The van der Waals surface area contributed by atoms with Crippen molar-refractivity contribution in [3.8, 4) is 11.5 Å². The van der Waals surface area contributed by atoms with Gasteiger partial charge in [-0.25, -0.2) is 0 Å². The summed E-state index contributed by atoms with van der Waals surface area (Å²) in [4.78, 5) is 14.4. The first-order chi connectivity index (χ1) is 10.8. The molecule has 22 heavy (non-hydrogen) atoms. The van der Waals surface area contributed by atoms with Crippen LogP contribution >= 0.6 is 0 Å². The minimum absolute atomic E-state index is 0.220. The lowest BCUT2D eigenvalue weighted by molar-refractivity contribution is 0.0942. The van der Waals surface area contributed by atoms with E-state index in [0.717, 1.165) is 39.1 Å². The lowest BCUT2D eigenvalue weighted by Gasteiger charge is -2.26. The molecule has 0 radical (unpaired) electrons. The smallest absolute Gasteiger partial charge is 0.273 e. The Morgan fingerprint density at radius 2 is 2.23 bits per heavy atom. The van der Waals surface area contributed by atoms with Crippen LogP contribution in [-0.2, 0) is 0 Å². The third-order valence-corrected chi connectivity index (χ3v) is 3.65. The fourth-order valence-corrected chi connectivity index (χ4v) is 2.45. The van der Waals surface area contributed by atoms with E-state index in [0.29, 0.717) is 18.1 Å². The summed E-state index contributed by atoms with van der Waals surface area (Å²) < 4.78 is 10.3. The van der Waals surface area contributed by atoms with Crippen LogP contribution in [0, 0.1) is 0 Å². The molecule has 118 valence electrons. The molecule has 1 amide bonds. The number of aromatic nitrogens is 1. The number of piperazine rings is 1. The Kier molecular flexibility index (Phi) is 4.87. The van der Waals surface area contributed by atoms with Crippen molar-refractivity contribution in [2.45, 2.75) is 6.42 Å². The summed E-state index contributed by atoms with van der Waals surface area (Å²) in [5, 5.41) is 9.96. The zero-order valence-corrected chi connectivity index (χ0v) is 12.4. The lowest BCUT2D eigenvalue weighted by atomic mass is 10.3. The molecule has 0 aromatic carbocycles. The number of hydrogen-bond acceptors (Lipinski definition) is 6. The van der Waals surface area contributed by atoms with Gasteiger partial charge in [-0.2, -0.15) is 0 Å². The largest absolute Gasteiger partial charge is 0.461 e. The highest BCUT2D eigenvalue weighted by molar-refractivity contribution is 5.92. The van der Waals surface area contributed by atoms with Gasteiger partial charge < -0.3 is 24.5 Å². The van der Waals surface area contributed by atoms with Gasteiger partial charge in [0.25, 0.3) is 5.91 Å². The molecule has 2 aromatic rings. The first-order valence-electron chi connectivity index (χ1n) is 7.55. The van der Waals surface area contributed by atoms with Crippen molar-refractivity contribution < 1.29 is 13.7 Å². The van der Waals surface area contributed by atoms with Gasteiger partial charge in [0.05, 0.1) is 6.26 Å². The highest BCUT2D eigenvalue weighted by atomic mass is 16.5. The van der Waals surface area contributed by atoms with Crippen LogP contribution in [0.2, 0.25) is 0 Å². The molecule has 1 saturated heterocycles. The van der Waals surface area contributed by atoms with Gasteiger partial charge in [0, 0.05) is 38.8 Å². The van der Waals surface area contributed by atoms with Crippen molar-refractivity contribution in [2.75, 3.05) is 39.3 Å². The van der Waals surface area contributed by atoms with Crippen molar-refractivity contribution in [1.29, 1.82) is 0 Å². The molecule has 0 saturated carbocycles. The molecule has 1 aliphatic heterocycles. The topological polar surface area (TPSA) is 83.5 Å². The Labute approximate surface area is 128 Å². The lowest BCUT2D eigenvalue weighted by Crippen LogP contribution is -2.44. The van der Waals surface area contributed by atoms with Crippen LogP contribution < -0.4 is 10.6 Å². The summed E-state index contributed by atoms with van der Waals surface area (Å²) in [6.45, 7) is 5.86. The minimum atomic E-state index is -0.220. The van der Waals surface area contributed by atoms with Gasteiger partial charge in [-0.05, 0) is 25.1 Å². The monoisotopic (exact) mass is 304 g/mol. The summed E-state index contributed by atoms with van der Waals surface area (Å²) in [6.07, 6.45) is 2.47. The predicted octanol–water partition coefficient (Wildman–Crippen LogP) is 0.960. The quantitative estimate of drug-likeness (QED) is 0.773. The molecular formula is C15H20N4O3. The Morgan fingerprint density at radius 1 is 1.36 bits per heavy atom. The Morgan fingerprint density at radius 3 is 3.00 bits per heavy atom. The van der Waals surface area contributed by atoms with E-state index in [9.17, 15) is 4.79 Å². The fraction of sp³-hybridized carbons (Fsp3) is 0.467. The number of nitrogens with zero attached hydrogens (tertiary/aromatic N) is 2. The van der Waals surface area contributed by atoms with Gasteiger partial charge in [0.1, 0.15) is 0 Å². The molecular weight excluding hydrogens is 284 g/mol. The van der Waals surface area contributed by atoms with E-state index in [1.165, 1.54) is 0 Å². The van der Waals surface area contributed by atoms with Crippen LogP contribution in [0.1, 0.15) is 16.9 Å². The van der Waals surface area contributed by atoms with E-state index in [1.807, 2.05) is 0 Å². The van der Waals surface area contributed by atoms with Crippen LogP contribution in [0.4, 0.5) is 0 Å². The summed E-state index contributed by atoms with van der Waals surface area (Å²) in [7, 11) is 0. The first kappa shape index (κ1) is 14.8. The van der Waals surface area contributed by atoms with Gasteiger partial charge in [-0.1, -0.05) is 5.16 Å². The van der Waals surface area contributed by atoms with Crippen LogP contribution in [-0.4, -0.2) is 55.2 Å². The zero-order valence-electron chi connectivity index (χ0n) is 12.4. The molecule has 0 bridgehead atoms. The second-order valence-electron chi connectivity index (χ2n) is 5.25. The van der Waals surface area contributed by atoms with Gasteiger partial charge >= 0.3 is 0 Å². The summed E-state index contributed by atoms with van der Waals surface area (Å²) in [5.74, 6) is 0.795. The van der Waals surface area contributed by atoms with Crippen molar-refractivity contribution in [3.05, 3.63) is 30.2 Å². The average molecular weight is 304 g/mol. The second kappa shape index (κ2) is 7.24. The highest BCUT2D eigenvalue weighted by Gasteiger charge is 2.15. The van der Waals surface area contributed by atoms with Gasteiger partial charge in [0.15, 0.2) is 11.5 Å². The third-order valence-electron chi connectivity index (χ3n) is 3.65. The minimum Gasteiger partial charge on any atom is -0.461 e. The van der Waals surface area contributed by atoms with Crippen LogP contribution in [0.25, 0.3) is 11.5 Å². The maximum atomic E-state index is 12.0. The standard InChI is InChI=1S/C15H20N4O3/c20-15(17-4-2-7-19-8-5-16-6-9-19)12-11-14(22-18-12)13-3-1-10-21-13/h1,3,10-11,16H,2,4-9H2,(H,17,20). The molecule has 2 aromatic heterocycles. The van der Waals surface area contributed by atoms with Crippen molar-refractivity contribution >= 4 is 5.91 Å². The third kappa shape index (κ3) is 3.75. The number of amides is 1. The zero-order chi connectivity index (χ0) is 15.2. The molecule has 0 atom stereocenters. The van der Waals surface area contributed by atoms with Crippen LogP contribution in [0.5, 0.6) is 0 Å². The molecule has 3 heterocycles. The van der Waals surface area contributed by atoms with E-state index < -0.39 is 0 Å². The molecule has 1 fully saturated rings. The van der Waals surface area contributed by atoms with Crippen LogP contribution in [0.15, 0.2) is 33.4 Å². The maximum Gasteiger partial charge on any atom is 0.273 e. The molecule has 0 unspecified atom stereocenters. The highest BCUT2D eigenvalue weighted by Crippen LogP contribution is 2.20. The van der Waals surface area contributed by atoms with E-state index in [4.69, 9.17) is 8.94 Å². The number of furan rings is 1. The van der Waals surface area contributed by atoms with E-state index in [1.54, 1.807) is 24.5 Å². The Balaban J connectivity index is 1.42. The molecule has 3 rings (SSSR count). The van der Waals surface area contributed by atoms with Crippen LogP contribution in [0.3, 0.4) is 0 Å². The maximum absolute atomic E-state index is 12.0. The predicted molar refractivity (Wildman–Crippen MR) is 80.5 cm³/mol. The molecule has 1 aliphatic rings. The average Bonchev–Trinajstić information content (AvgIpc) is 3.22. The second-order valence-corrected chi connectivity index (χ2v) is 5.25. The number of hydrogen-bond donors (Lipinski definition) is 2. The van der Waals surface area contributed by atoms with Crippen molar-refractivity contribution in [2.24, 2.45) is 0 Å². The molecule has 7 nitrogen and oxygen atoms in total. The van der Waals surface area contributed by atoms with E-state index in [2.05, 4.69) is 20.7 Å². The van der Waals surface area contributed by atoms with Gasteiger partial charge in [-0.3, -0.25) is 4.79 Å².